The first kappa shape index (κ1) is 8.84. The summed E-state index contributed by atoms with van der Waals surface area (Å²) in [5, 5.41) is 1.66. The summed E-state index contributed by atoms with van der Waals surface area (Å²) in [6.07, 6.45) is 0. The molecule has 0 radical (unpaired) electrons. The van der Waals surface area contributed by atoms with Gasteiger partial charge < -0.3 is 4.65 Å². The van der Waals surface area contributed by atoms with Gasteiger partial charge in [-0.15, -0.1) is 12.2 Å². The fraction of sp³-hybridized carbons (Fsp3) is 0.750. The Hall–Kier alpha value is 0.845. The molecule has 0 fully saturated rings. The highest BCUT2D eigenvalue weighted by atomic mass is 127. The standard InChI is InChI=1S/C4H8BIOS/c1-2-7-5(3-6)4-8/h4H,2-3H2,1H3. The third kappa shape index (κ3) is 3.80. The van der Waals surface area contributed by atoms with Gasteiger partial charge in [0, 0.05) is 10.9 Å². The quantitative estimate of drug-likeness (QED) is 0.320. The summed E-state index contributed by atoms with van der Waals surface area (Å²) in [5.74, 6) is 0. The van der Waals surface area contributed by atoms with Gasteiger partial charge in [-0.3, -0.25) is 0 Å². The molecule has 0 bridgehead atoms. The van der Waals surface area contributed by atoms with E-state index in [0.717, 1.165) is 10.9 Å². The highest BCUT2D eigenvalue weighted by molar-refractivity contribution is 14.1. The van der Waals surface area contributed by atoms with Crippen LogP contribution in [0, 0.1) is 0 Å². The molecule has 0 aromatic heterocycles. The number of alkyl halides is 1. The molecule has 0 aliphatic heterocycles. The van der Waals surface area contributed by atoms with E-state index in [-0.39, 0.29) is 6.92 Å². The molecule has 0 rings (SSSR count). The molecule has 8 heavy (non-hydrogen) atoms. The minimum atomic E-state index is 0.176. The molecule has 0 heterocycles. The Bertz CT molecular complexity index is 71.1. The van der Waals surface area contributed by atoms with Crippen LogP contribution in [0.1, 0.15) is 6.92 Å². The van der Waals surface area contributed by atoms with Crippen molar-refractivity contribution >= 4 is 47.0 Å². The van der Waals surface area contributed by atoms with Crippen molar-refractivity contribution in [3.8, 4) is 0 Å². The molecule has 46 valence electrons. The van der Waals surface area contributed by atoms with Gasteiger partial charge in [0.15, 0.2) is 0 Å². The van der Waals surface area contributed by atoms with E-state index in [1.165, 1.54) is 0 Å². The summed E-state index contributed by atoms with van der Waals surface area (Å²) in [6, 6.07) is 0. The average Bonchev–Trinajstić information content (AvgIpc) is 1.83. The zero-order valence-corrected chi connectivity index (χ0v) is 7.74. The summed E-state index contributed by atoms with van der Waals surface area (Å²) in [6.45, 7) is 2.90. The first-order valence-electron chi connectivity index (χ1n) is 2.48. The first-order chi connectivity index (χ1) is 3.85. The largest absolute Gasteiger partial charge is 0.430 e. The third-order valence-electron chi connectivity index (χ3n) is 0.685. The topological polar surface area (TPSA) is 9.23 Å². The van der Waals surface area contributed by atoms with Crippen LogP contribution in [0.2, 0.25) is 0 Å². The maximum atomic E-state index is 5.17. The lowest BCUT2D eigenvalue weighted by Crippen LogP contribution is -2.21. The van der Waals surface area contributed by atoms with Gasteiger partial charge in [-0.25, -0.2) is 0 Å². The summed E-state index contributed by atoms with van der Waals surface area (Å²) < 4.78 is 6.13. The molecule has 0 atom stereocenters. The Morgan fingerprint density at radius 1 is 1.88 bits per heavy atom. The minimum absolute atomic E-state index is 0.176. The second-order valence-corrected chi connectivity index (χ2v) is 2.44. The van der Waals surface area contributed by atoms with Gasteiger partial charge in [0.1, 0.15) is 0 Å². The first-order valence-corrected chi connectivity index (χ1v) is 4.47. The highest BCUT2D eigenvalue weighted by Gasteiger charge is 2.06. The van der Waals surface area contributed by atoms with Crippen LogP contribution >= 0.6 is 34.8 Å². The van der Waals surface area contributed by atoms with Crippen molar-refractivity contribution in [2.24, 2.45) is 0 Å². The van der Waals surface area contributed by atoms with Crippen LogP contribution in [0.5, 0.6) is 0 Å². The highest BCUT2D eigenvalue weighted by Crippen LogP contribution is 1.89. The van der Waals surface area contributed by atoms with E-state index >= 15 is 0 Å². The number of hydrogen-bond acceptors (Lipinski definition) is 2. The second kappa shape index (κ2) is 5.97. The molecule has 0 spiro atoms. The number of hydrogen-bond donors (Lipinski definition) is 0. The molecular weight excluding hydrogens is 234 g/mol. The molecule has 4 heteroatoms. The molecule has 0 aliphatic rings. The van der Waals surface area contributed by atoms with Gasteiger partial charge in [-0.05, 0) is 12.2 Å². The Balaban J connectivity index is 3.21. The van der Waals surface area contributed by atoms with Crippen molar-refractivity contribution < 1.29 is 4.65 Å². The van der Waals surface area contributed by atoms with Crippen molar-refractivity contribution in [3.05, 3.63) is 0 Å². The van der Waals surface area contributed by atoms with Gasteiger partial charge >= 0.3 is 6.92 Å². The monoisotopic (exact) mass is 242 g/mol. The van der Waals surface area contributed by atoms with E-state index < -0.39 is 0 Å². The van der Waals surface area contributed by atoms with Gasteiger partial charge in [-0.1, -0.05) is 22.6 Å². The van der Waals surface area contributed by atoms with Crippen molar-refractivity contribution in [2.75, 3.05) is 10.9 Å². The van der Waals surface area contributed by atoms with Crippen LogP contribution < -0.4 is 0 Å². The molecule has 0 saturated carbocycles. The zero-order valence-electron chi connectivity index (χ0n) is 4.76. The molecular formula is C4H8BIOS. The predicted octanol–water partition coefficient (Wildman–Crippen LogP) is 1.53. The van der Waals surface area contributed by atoms with Gasteiger partial charge in [0.2, 0.25) is 0 Å². The van der Waals surface area contributed by atoms with Crippen molar-refractivity contribution in [2.45, 2.75) is 6.92 Å². The fourth-order valence-electron chi connectivity index (χ4n) is 0.334. The number of rotatable bonds is 4. The van der Waals surface area contributed by atoms with Gasteiger partial charge in [0.25, 0.3) is 0 Å². The molecule has 1 nitrogen and oxygen atoms in total. The summed E-state index contributed by atoms with van der Waals surface area (Å²) in [5.41, 5.74) is 0. The number of halogens is 1. The van der Waals surface area contributed by atoms with Crippen molar-refractivity contribution in [1.29, 1.82) is 0 Å². The average molecular weight is 242 g/mol. The van der Waals surface area contributed by atoms with Gasteiger partial charge in [-0.2, -0.15) is 0 Å². The van der Waals surface area contributed by atoms with Crippen molar-refractivity contribution in [1.82, 2.24) is 0 Å². The molecule has 0 unspecified atom stereocenters. The van der Waals surface area contributed by atoms with E-state index in [4.69, 9.17) is 4.65 Å². The second-order valence-electron chi connectivity index (χ2n) is 1.28. The maximum Gasteiger partial charge on any atom is 0.340 e. The van der Waals surface area contributed by atoms with Crippen molar-refractivity contribution in [3.63, 3.8) is 0 Å². The molecule has 0 aliphatic carbocycles. The molecule has 0 amide bonds. The lowest BCUT2D eigenvalue weighted by Gasteiger charge is -2.00. The Kier molecular flexibility index (Phi) is 6.60. The van der Waals surface area contributed by atoms with E-state index in [2.05, 4.69) is 34.8 Å². The molecule has 0 aromatic rings. The van der Waals surface area contributed by atoms with E-state index in [1.54, 1.807) is 5.27 Å². The fourth-order valence-corrected chi connectivity index (χ4v) is 1.36. The van der Waals surface area contributed by atoms with E-state index in [0.29, 0.717) is 0 Å². The SMILES string of the molecule is CCOB(C=S)CI. The summed E-state index contributed by atoms with van der Waals surface area (Å²) >= 11 is 6.93. The summed E-state index contributed by atoms with van der Waals surface area (Å²) in [7, 11) is 0. The Morgan fingerprint density at radius 3 is 2.62 bits per heavy atom. The smallest absolute Gasteiger partial charge is 0.340 e. The van der Waals surface area contributed by atoms with Gasteiger partial charge in [0.05, 0.1) is 0 Å². The lowest BCUT2D eigenvalue weighted by atomic mass is 9.75. The third-order valence-corrected chi connectivity index (χ3v) is 1.86. The maximum absolute atomic E-state index is 5.17. The number of thiocarbonyl (C=S) groups is 1. The molecule has 0 saturated heterocycles. The van der Waals surface area contributed by atoms with Crippen LogP contribution in [-0.4, -0.2) is 23.1 Å². The van der Waals surface area contributed by atoms with Crippen LogP contribution in [0.25, 0.3) is 0 Å². The van der Waals surface area contributed by atoms with Crippen LogP contribution in [0.4, 0.5) is 0 Å². The van der Waals surface area contributed by atoms with E-state index in [1.807, 2.05) is 6.92 Å². The lowest BCUT2D eigenvalue weighted by molar-refractivity contribution is 0.357. The van der Waals surface area contributed by atoms with E-state index in [9.17, 15) is 0 Å². The predicted molar refractivity (Wildman–Crippen MR) is 49.9 cm³/mol. The van der Waals surface area contributed by atoms with Crippen LogP contribution in [0.15, 0.2) is 0 Å². The Labute approximate surface area is 69.4 Å². The van der Waals surface area contributed by atoms with Crippen LogP contribution in [-0.2, 0) is 4.65 Å². The zero-order chi connectivity index (χ0) is 6.41. The summed E-state index contributed by atoms with van der Waals surface area (Å²) in [4.78, 5) is 0. The molecule has 0 N–H and O–H groups in total. The molecule has 0 aromatic carbocycles. The Morgan fingerprint density at radius 2 is 2.50 bits per heavy atom. The van der Waals surface area contributed by atoms with Crippen LogP contribution in [0.3, 0.4) is 0 Å². The minimum Gasteiger partial charge on any atom is -0.430 e. The normalized spacial score (nSPS) is 8.75.